The van der Waals surface area contributed by atoms with Crippen molar-refractivity contribution < 1.29 is 0 Å². The Hall–Kier alpha value is -2.33. The van der Waals surface area contributed by atoms with Gasteiger partial charge in [-0.2, -0.15) is 0 Å². The first-order chi connectivity index (χ1) is 14.0. The Kier molecular flexibility index (Phi) is 7.32. The molecule has 2 saturated heterocycles. The Labute approximate surface area is 176 Å². The van der Waals surface area contributed by atoms with Crippen molar-refractivity contribution >= 4 is 11.9 Å². The van der Waals surface area contributed by atoms with Gasteiger partial charge in [0, 0.05) is 37.7 Å². The first kappa shape index (κ1) is 21.4. The summed E-state index contributed by atoms with van der Waals surface area (Å²) >= 11 is 0. The number of hydrogen-bond donors (Lipinski definition) is 2. The molecule has 1 aromatic carbocycles. The molecule has 0 aromatic heterocycles. The molecule has 0 bridgehead atoms. The van der Waals surface area contributed by atoms with Crippen LogP contribution in [0.1, 0.15) is 38.2 Å². The number of nitrogens with zero attached hydrogens (tertiary/aromatic N) is 2. The van der Waals surface area contributed by atoms with E-state index in [9.17, 15) is 0 Å². The molecular weight excluding hydrogens is 356 g/mol. The highest BCUT2D eigenvalue weighted by Gasteiger charge is 2.38. The third-order valence-corrected chi connectivity index (χ3v) is 6.53. The maximum absolute atomic E-state index is 6.26. The van der Waals surface area contributed by atoms with E-state index >= 15 is 0 Å². The summed E-state index contributed by atoms with van der Waals surface area (Å²) in [5.74, 6) is 0. The number of nitrogens with two attached hydrogens (primary N) is 1. The molecule has 4 heteroatoms. The van der Waals surface area contributed by atoms with Gasteiger partial charge in [-0.3, -0.25) is 4.99 Å². The van der Waals surface area contributed by atoms with Crippen molar-refractivity contribution in [2.75, 3.05) is 38.1 Å². The van der Waals surface area contributed by atoms with Gasteiger partial charge in [-0.1, -0.05) is 24.8 Å². The summed E-state index contributed by atoms with van der Waals surface area (Å²) in [5.41, 5.74) is 12.3. The monoisotopic (exact) mass is 392 g/mol. The van der Waals surface area contributed by atoms with E-state index < -0.39 is 0 Å². The van der Waals surface area contributed by atoms with Gasteiger partial charge in [0.05, 0.1) is 0 Å². The van der Waals surface area contributed by atoms with Crippen molar-refractivity contribution in [1.82, 2.24) is 5.32 Å². The second kappa shape index (κ2) is 9.93. The largest absolute Gasteiger partial charge is 0.398 e. The van der Waals surface area contributed by atoms with Crippen LogP contribution in [0.4, 0.5) is 5.69 Å². The van der Waals surface area contributed by atoms with Gasteiger partial charge in [0.1, 0.15) is 0 Å². The molecule has 3 rings (SSSR count). The molecule has 2 heterocycles. The van der Waals surface area contributed by atoms with Crippen LogP contribution >= 0.6 is 0 Å². The van der Waals surface area contributed by atoms with Crippen LogP contribution in [0.25, 0.3) is 0 Å². The van der Waals surface area contributed by atoms with E-state index in [0.717, 1.165) is 24.1 Å². The quantitative estimate of drug-likeness (QED) is 0.539. The SMILES string of the molecule is C=C(/C=C\C=N/C)/C(N)=C(\C)CCc1ccc(N2CCC3(CCNCC3)C2)cc1. The molecule has 0 atom stereocenters. The summed E-state index contributed by atoms with van der Waals surface area (Å²) < 4.78 is 0. The number of hydrogen-bond acceptors (Lipinski definition) is 4. The zero-order valence-corrected chi connectivity index (χ0v) is 18.1. The molecular formula is C25H36N4. The lowest BCUT2D eigenvalue weighted by molar-refractivity contribution is 0.232. The summed E-state index contributed by atoms with van der Waals surface area (Å²) in [6, 6.07) is 9.14. The van der Waals surface area contributed by atoms with Crippen molar-refractivity contribution in [1.29, 1.82) is 0 Å². The fourth-order valence-electron chi connectivity index (χ4n) is 4.47. The van der Waals surface area contributed by atoms with Crippen molar-refractivity contribution in [2.24, 2.45) is 16.1 Å². The van der Waals surface area contributed by atoms with Crippen molar-refractivity contribution in [3.63, 3.8) is 0 Å². The zero-order valence-electron chi connectivity index (χ0n) is 18.1. The molecule has 1 aromatic rings. The molecule has 0 unspecified atom stereocenters. The lowest BCUT2D eigenvalue weighted by Gasteiger charge is -2.34. The average Bonchev–Trinajstić information content (AvgIpc) is 3.15. The summed E-state index contributed by atoms with van der Waals surface area (Å²) in [4.78, 5) is 6.51. The lowest BCUT2D eigenvalue weighted by Crippen LogP contribution is -2.38. The number of benzene rings is 1. The number of aliphatic imine (C=N–C) groups is 1. The Morgan fingerprint density at radius 1 is 1.24 bits per heavy atom. The molecule has 0 radical (unpaired) electrons. The zero-order chi connectivity index (χ0) is 20.7. The van der Waals surface area contributed by atoms with Gasteiger partial charge in [0.2, 0.25) is 0 Å². The molecule has 2 fully saturated rings. The van der Waals surface area contributed by atoms with Crippen LogP contribution in [-0.2, 0) is 6.42 Å². The maximum Gasteiger partial charge on any atom is 0.0370 e. The molecule has 3 N–H and O–H groups in total. The molecule has 0 saturated carbocycles. The number of anilines is 1. The molecule has 29 heavy (non-hydrogen) atoms. The second-order valence-corrected chi connectivity index (χ2v) is 8.57. The van der Waals surface area contributed by atoms with E-state index in [-0.39, 0.29) is 0 Å². The van der Waals surface area contributed by atoms with Gasteiger partial charge < -0.3 is 16.0 Å². The molecule has 2 aliphatic heterocycles. The Balaban J connectivity index is 1.54. The second-order valence-electron chi connectivity index (χ2n) is 8.57. The highest BCUT2D eigenvalue weighted by molar-refractivity contribution is 5.72. The van der Waals surface area contributed by atoms with E-state index in [4.69, 9.17) is 5.73 Å². The summed E-state index contributed by atoms with van der Waals surface area (Å²) in [6.07, 6.45) is 11.4. The normalized spacial score (nSPS) is 20.0. The molecule has 0 aliphatic carbocycles. The molecule has 156 valence electrons. The summed E-state index contributed by atoms with van der Waals surface area (Å²) in [6.45, 7) is 10.9. The lowest BCUT2D eigenvalue weighted by atomic mass is 9.78. The van der Waals surface area contributed by atoms with Crippen molar-refractivity contribution in [2.45, 2.75) is 39.0 Å². The minimum absolute atomic E-state index is 0.545. The number of piperidine rings is 1. The van der Waals surface area contributed by atoms with Crippen LogP contribution in [0.15, 0.2) is 64.8 Å². The van der Waals surface area contributed by atoms with E-state index in [2.05, 4.69) is 53.0 Å². The van der Waals surface area contributed by atoms with Gasteiger partial charge in [0.15, 0.2) is 0 Å². The first-order valence-corrected chi connectivity index (χ1v) is 10.8. The van der Waals surface area contributed by atoms with E-state index in [1.807, 2.05) is 12.2 Å². The maximum atomic E-state index is 6.26. The van der Waals surface area contributed by atoms with Gasteiger partial charge in [-0.15, -0.1) is 0 Å². The van der Waals surface area contributed by atoms with Crippen LogP contribution in [0.3, 0.4) is 0 Å². The fraction of sp³-hybridized carbons (Fsp3) is 0.480. The van der Waals surface area contributed by atoms with Crippen molar-refractivity contribution in [3.8, 4) is 0 Å². The van der Waals surface area contributed by atoms with Gasteiger partial charge in [0.25, 0.3) is 0 Å². The van der Waals surface area contributed by atoms with E-state index in [0.29, 0.717) is 5.41 Å². The Bertz CT molecular complexity index is 780. The molecule has 4 nitrogen and oxygen atoms in total. The molecule has 1 spiro atoms. The average molecular weight is 393 g/mol. The number of allylic oxidation sites excluding steroid dienone is 3. The highest BCUT2D eigenvalue weighted by Crippen LogP contribution is 2.40. The van der Waals surface area contributed by atoms with Gasteiger partial charge >= 0.3 is 0 Å². The molecule has 2 aliphatic rings. The van der Waals surface area contributed by atoms with E-state index in [1.165, 1.54) is 62.3 Å². The topological polar surface area (TPSA) is 53.6 Å². The number of rotatable bonds is 7. The first-order valence-electron chi connectivity index (χ1n) is 10.8. The number of nitrogens with one attached hydrogen (secondary N) is 1. The fourth-order valence-corrected chi connectivity index (χ4v) is 4.47. The number of aryl methyl sites for hydroxylation is 1. The summed E-state index contributed by atoms with van der Waals surface area (Å²) in [5, 5.41) is 3.50. The van der Waals surface area contributed by atoms with Crippen LogP contribution in [0.2, 0.25) is 0 Å². The third-order valence-electron chi connectivity index (χ3n) is 6.53. The van der Waals surface area contributed by atoms with E-state index in [1.54, 1.807) is 13.3 Å². The Morgan fingerprint density at radius 3 is 2.66 bits per heavy atom. The minimum Gasteiger partial charge on any atom is -0.398 e. The van der Waals surface area contributed by atoms with Crippen LogP contribution in [0.5, 0.6) is 0 Å². The standard InChI is InChI=1S/C25H36N4/c1-20(5-4-15-27-3)24(26)21(2)6-7-22-8-10-23(11-9-22)29-18-14-25(19-29)12-16-28-17-13-25/h4-5,8-11,15,28H,1,6-7,12-14,16-19,26H2,2-3H3/b5-4-,24-21-,27-15-. The van der Waals surface area contributed by atoms with Crippen molar-refractivity contribution in [3.05, 3.63) is 65.4 Å². The van der Waals surface area contributed by atoms with Gasteiger partial charge in [-0.05, 0) is 92.5 Å². The predicted molar refractivity (Wildman–Crippen MR) is 126 cm³/mol. The van der Waals surface area contributed by atoms with Crippen LogP contribution in [0, 0.1) is 5.41 Å². The smallest absolute Gasteiger partial charge is 0.0370 e. The van der Waals surface area contributed by atoms with Gasteiger partial charge in [-0.25, -0.2) is 0 Å². The van der Waals surface area contributed by atoms with Crippen LogP contribution in [-0.4, -0.2) is 39.4 Å². The third kappa shape index (κ3) is 5.60. The summed E-state index contributed by atoms with van der Waals surface area (Å²) in [7, 11) is 1.75. The minimum atomic E-state index is 0.545. The highest BCUT2D eigenvalue weighted by atomic mass is 15.2. The Morgan fingerprint density at radius 2 is 1.97 bits per heavy atom. The molecule has 0 amide bonds. The van der Waals surface area contributed by atoms with Crippen LogP contribution < -0.4 is 16.0 Å². The predicted octanol–water partition coefficient (Wildman–Crippen LogP) is 4.24.